The number of allylic oxidation sites excluding steroid dienone is 2. The number of rotatable bonds is 24. The number of hydrogen-bond donors (Lipinski definition) is 3. The topological polar surface area (TPSA) is 179 Å². The molecule has 66 heavy (non-hydrogen) atoms. The Morgan fingerprint density at radius 3 is 2.11 bits per heavy atom. The third-order valence-electron chi connectivity index (χ3n) is 12.9. The number of esters is 2. The van der Waals surface area contributed by atoms with Gasteiger partial charge in [0.25, 0.3) is 5.91 Å². The van der Waals surface area contributed by atoms with Crippen LogP contribution in [0.2, 0.25) is 0 Å². The number of aliphatic hydroxyl groups excluding tert-OH is 1. The smallest absolute Gasteiger partial charge is 0.407 e. The average molecular weight is 916 g/mol. The molecule has 14 nitrogen and oxygen atoms in total. The van der Waals surface area contributed by atoms with Crippen LogP contribution in [-0.2, 0) is 56.1 Å². The summed E-state index contributed by atoms with van der Waals surface area (Å²) in [6.45, 7) is 16.8. The summed E-state index contributed by atoms with van der Waals surface area (Å²) in [6, 6.07) is 17.8. The molecule has 3 aliphatic rings. The second-order valence-corrected chi connectivity index (χ2v) is 20.1. The Morgan fingerprint density at radius 1 is 0.833 bits per heavy atom. The molecule has 5 atom stereocenters. The lowest BCUT2D eigenvalue weighted by Gasteiger charge is -2.39. The zero-order chi connectivity index (χ0) is 48.1. The van der Waals surface area contributed by atoms with Gasteiger partial charge in [0.15, 0.2) is 6.23 Å². The summed E-state index contributed by atoms with van der Waals surface area (Å²) in [6.07, 6.45) is 6.78. The number of amides is 3. The summed E-state index contributed by atoms with van der Waals surface area (Å²) in [7, 11) is 0. The molecule has 2 aromatic carbocycles. The molecule has 1 aliphatic heterocycles. The Morgan fingerprint density at radius 2 is 1.45 bits per heavy atom. The predicted molar refractivity (Wildman–Crippen MR) is 249 cm³/mol. The van der Waals surface area contributed by atoms with Crippen LogP contribution >= 0.6 is 0 Å². The van der Waals surface area contributed by atoms with Crippen LogP contribution in [0.3, 0.4) is 0 Å². The van der Waals surface area contributed by atoms with Gasteiger partial charge in [-0.1, -0.05) is 79.2 Å². The van der Waals surface area contributed by atoms with Gasteiger partial charge in [0.05, 0.1) is 5.60 Å². The zero-order valence-electron chi connectivity index (χ0n) is 40.3. The number of carbonyl (C=O) groups is 5. The maximum absolute atomic E-state index is 14.0. The van der Waals surface area contributed by atoms with Crippen molar-refractivity contribution < 1.29 is 52.8 Å². The molecule has 1 fully saturated rings. The zero-order valence-corrected chi connectivity index (χ0v) is 40.3. The number of fused-ring (bicyclic) bond motifs is 1. The second-order valence-electron chi connectivity index (χ2n) is 20.1. The number of nitrogens with one attached hydrogen (secondary N) is 2. The van der Waals surface area contributed by atoms with E-state index in [0.29, 0.717) is 55.6 Å². The highest BCUT2D eigenvalue weighted by atomic mass is 16.6. The molecule has 14 heteroatoms. The number of carbonyl (C=O) groups excluding carboxylic acids is 5. The van der Waals surface area contributed by atoms with Gasteiger partial charge in [-0.3, -0.25) is 9.59 Å². The van der Waals surface area contributed by atoms with Crippen molar-refractivity contribution in [3.63, 3.8) is 0 Å². The van der Waals surface area contributed by atoms with Crippen LogP contribution < -0.4 is 10.6 Å². The standard InChI is InChI=1S/C52H73N3O11/c1-35-16-15-21-39-40(23-22-35)44(39)66-49(61)53-29-25-36(2)32-62-30-27-50(3,4)54-41(56)24-26-52(7,8)65-31-28-51(5,6)55-45(57)42(47(59)63-33-37-17-11-9-12-18-37)43(46(55)58)48(60)64-34-38-19-13-10-14-20-38/h9-14,16-20,36,39-40,44-45,57H,15,21-34H2,1-8H3,(H,53,61)(H,54,56)/b35-16-. The summed E-state index contributed by atoms with van der Waals surface area (Å²) in [5, 5.41) is 17.6. The Labute approximate surface area is 391 Å². The van der Waals surface area contributed by atoms with Crippen molar-refractivity contribution in [3.8, 4) is 0 Å². The first-order valence-corrected chi connectivity index (χ1v) is 23.6. The largest absolute Gasteiger partial charge is 0.457 e. The van der Waals surface area contributed by atoms with E-state index in [1.807, 2.05) is 39.8 Å². The maximum atomic E-state index is 14.0. The van der Waals surface area contributed by atoms with Gasteiger partial charge in [0.1, 0.15) is 30.5 Å². The Bertz CT molecular complexity index is 2030. The van der Waals surface area contributed by atoms with Crippen LogP contribution in [0, 0.1) is 17.8 Å². The van der Waals surface area contributed by atoms with E-state index in [0.717, 1.165) is 37.0 Å². The number of ether oxygens (including phenoxy) is 5. The molecule has 2 aliphatic carbocycles. The first-order chi connectivity index (χ1) is 31.3. The van der Waals surface area contributed by atoms with Crippen molar-refractivity contribution in [2.24, 2.45) is 17.8 Å². The SMILES string of the molecule is C/C1=C/CCC2C(CC1)C2OC(=O)NCCC(C)COCCC(C)(C)NC(=O)CCC(C)(C)OCCC(C)(C)N1C(=O)C(C(=O)OCc2ccccc2)=C(C(=O)OCc2ccccc2)C1O. The molecule has 0 saturated heterocycles. The molecule has 5 unspecified atom stereocenters. The quantitative estimate of drug-likeness (QED) is 0.0307. The van der Waals surface area contributed by atoms with E-state index in [-0.39, 0.29) is 56.7 Å². The van der Waals surface area contributed by atoms with Gasteiger partial charge < -0.3 is 44.3 Å². The van der Waals surface area contributed by atoms with Crippen molar-refractivity contribution in [1.82, 2.24) is 15.5 Å². The fourth-order valence-corrected chi connectivity index (χ4v) is 8.54. The van der Waals surface area contributed by atoms with Crippen LogP contribution in [0.15, 0.2) is 83.5 Å². The minimum absolute atomic E-state index is 0.0464. The highest BCUT2D eigenvalue weighted by Gasteiger charge is 2.53. The van der Waals surface area contributed by atoms with Gasteiger partial charge >= 0.3 is 18.0 Å². The molecule has 1 heterocycles. The Balaban J connectivity index is 1.01. The monoisotopic (exact) mass is 916 g/mol. The molecule has 0 radical (unpaired) electrons. The summed E-state index contributed by atoms with van der Waals surface area (Å²) in [5.74, 6) is -1.81. The average Bonchev–Trinajstić information content (AvgIpc) is 3.81. The van der Waals surface area contributed by atoms with Gasteiger partial charge in [-0.2, -0.15) is 0 Å². The van der Waals surface area contributed by atoms with Crippen LogP contribution in [-0.4, -0.2) is 95.2 Å². The number of benzene rings is 2. The van der Waals surface area contributed by atoms with E-state index >= 15 is 0 Å². The van der Waals surface area contributed by atoms with Gasteiger partial charge in [-0.05, 0) is 117 Å². The second kappa shape index (κ2) is 23.6. The highest BCUT2D eigenvalue weighted by Crippen LogP contribution is 2.49. The summed E-state index contributed by atoms with van der Waals surface area (Å²) in [4.78, 5) is 67.6. The molecule has 0 spiro atoms. The summed E-state index contributed by atoms with van der Waals surface area (Å²) in [5.41, 5.74) is -0.586. The minimum Gasteiger partial charge on any atom is -0.457 e. The Kier molecular flexibility index (Phi) is 18.6. The molecule has 0 aromatic heterocycles. The molecule has 5 rings (SSSR count). The molecule has 3 N–H and O–H groups in total. The molecule has 2 aromatic rings. The third kappa shape index (κ3) is 15.5. The fraction of sp³-hybridized carbons (Fsp3) is 0.596. The van der Waals surface area contributed by atoms with Gasteiger partial charge in [-0.25, -0.2) is 14.4 Å². The van der Waals surface area contributed by atoms with Crippen LogP contribution in [0.1, 0.15) is 124 Å². The van der Waals surface area contributed by atoms with Crippen LogP contribution in [0.4, 0.5) is 4.79 Å². The van der Waals surface area contributed by atoms with Gasteiger partial charge in [0, 0.05) is 55.7 Å². The van der Waals surface area contributed by atoms with E-state index in [9.17, 15) is 29.1 Å². The number of hydrogen-bond acceptors (Lipinski definition) is 11. The Hall–Kier alpha value is -5.05. The van der Waals surface area contributed by atoms with E-state index in [2.05, 4.69) is 30.6 Å². The van der Waals surface area contributed by atoms with Gasteiger partial charge in [-0.15, -0.1) is 0 Å². The molecule has 362 valence electrons. The van der Waals surface area contributed by atoms with E-state index in [1.165, 1.54) is 5.57 Å². The lowest BCUT2D eigenvalue weighted by molar-refractivity contribution is -0.148. The first-order valence-electron chi connectivity index (χ1n) is 23.6. The molecule has 1 saturated carbocycles. The fourth-order valence-electron chi connectivity index (χ4n) is 8.54. The predicted octanol–water partition coefficient (Wildman–Crippen LogP) is 7.86. The van der Waals surface area contributed by atoms with Crippen molar-refractivity contribution in [3.05, 3.63) is 94.6 Å². The molecule has 3 amide bonds. The molecular weight excluding hydrogens is 843 g/mol. The molecule has 0 bridgehead atoms. The normalized spacial score (nSPS) is 21.1. The lowest BCUT2D eigenvalue weighted by Crippen LogP contribution is -2.52. The van der Waals surface area contributed by atoms with Crippen molar-refractivity contribution >= 4 is 29.8 Å². The third-order valence-corrected chi connectivity index (χ3v) is 12.9. The first kappa shape index (κ1) is 51.9. The van der Waals surface area contributed by atoms with E-state index < -0.39 is 51.9 Å². The van der Waals surface area contributed by atoms with Crippen LogP contribution in [0.5, 0.6) is 0 Å². The van der Waals surface area contributed by atoms with E-state index in [4.69, 9.17) is 23.7 Å². The van der Waals surface area contributed by atoms with Crippen molar-refractivity contribution in [2.75, 3.05) is 26.4 Å². The maximum Gasteiger partial charge on any atom is 0.407 e. The minimum atomic E-state index is -1.78. The number of aliphatic hydroxyl groups is 1. The van der Waals surface area contributed by atoms with Gasteiger partial charge in [0.2, 0.25) is 5.91 Å². The number of nitrogens with zero attached hydrogens (tertiary/aromatic N) is 1. The van der Waals surface area contributed by atoms with Crippen molar-refractivity contribution in [2.45, 2.75) is 155 Å². The van der Waals surface area contributed by atoms with Crippen molar-refractivity contribution in [1.29, 1.82) is 0 Å². The highest BCUT2D eigenvalue weighted by molar-refractivity contribution is 6.23. The lowest BCUT2D eigenvalue weighted by atomic mass is 9.97. The summed E-state index contributed by atoms with van der Waals surface area (Å²) < 4.78 is 28.9. The van der Waals surface area contributed by atoms with E-state index in [1.54, 1.807) is 62.4 Å². The summed E-state index contributed by atoms with van der Waals surface area (Å²) >= 11 is 0. The number of alkyl carbamates (subject to hydrolysis) is 1. The molecular formula is C52H73N3O11. The van der Waals surface area contributed by atoms with Crippen LogP contribution in [0.25, 0.3) is 0 Å².